The molecule has 7 rings (SSSR count). The van der Waals surface area contributed by atoms with E-state index in [1.54, 1.807) is 13.2 Å². The number of hydrogen-bond acceptors (Lipinski definition) is 7. The molecule has 0 N–H and O–H groups in total. The molecule has 2 aromatic carbocycles. The van der Waals surface area contributed by atoms with Crippen LogP contribution >= 0.6 is 11.6 Å². The SMILES string of the molecule is [C-]#[N+]c1cncc(C[S@@]2(=O)=NC(=O)c3ccc4c(c3)N(C[C@@H]3CC[C@H]3[C@@H](OC)/C=C/C[C@H](C)C2)C[C@@]2(CCCc3cc(Cl)ccc32)CO4)n1. The number of amides is 1. The van der Waals surface area contributed by atoms with Crippen molar-refractivity contribution in [2.45, 2.75) is 62.7 Å². The molecule has 0 radical (unpaired) electrons. The van der Waals surface area contributed by atoms with Gasteiger partial charge in [-0.1, -0.05) is 43.3 Å². The molecule has 2 aliphatic heterocycles. The molecule has 0 unspecified atom stereocenters. The summed E-state index contributed by atoms with van der Waals surface area (Å²) in [5.74, 6) is 1.19. The summed E-state index contributed by atoms with van der Waals surface area (Å²) in [6.45, 7) is 11.4. The molecule has 1 saturated carbocycles. The first-order valence-electron chi connectivity index (χ1n) is 17.1. The van der Waals surface area contributed by atoms with E-state index < -0.39 is 15.6 Å². The lowest BCUT2D eigenvalue weighted by molar-refractivity contribution is 0.0131. The van der Waals surface area contributed by atoms with E-state index in [0.717, 1.165) is 61.7 Å². The minimum absolute atomic E-state index is 0.0262. The molecule has 9 nitrogen and oxygen atoms in total. The number of anilines is 1. The fraction of sp³-hybridized carbons (Fsp3) is 0.474. The minimum Gasteiger partial charge on any atom is -0.490 e. The topological polar surface area (TPSA) is 98.3 Å². The van der Waals surface area contributed by atoms with Gasteiger partial charge in [-0.25, -0.2) is 4.21 Å². The maximum Gasteiger partial charge on any atom is 0.288 e. The first kappa shape index (κ1) is 33.7. The van der Waals surface area contributed by atoms with Gasteiger partial charge in [-0.15, -0.1) is 4.98 Å². The van der Waals surface area contributed by atoms with Crippen LogP contribution in [0.1, 0.15) is 66.2 Å². The van der Waals surface area contributed by atoms with E-state index in [4.69, 9.17) is 27.6 Å². The molecule has 6 atom stereocenters. The quantitative estimate of drug-likeness (QED) is 0.205. The third kappa shape index (κ3) is 6.99. The van der Waals surface area contributed by atoms with Gasteiger partial charge in [-0.2, -0.15) is 4.36 Å². The molecule has 2 aliphatic carbocycles. The molecule has 49 heavy (non-hydrogen) atoms. The van der Waals surface area contributed by atoms with Crippen LogP contribution in [-0.2, 0) is 32.1 Å². The van der Waals surface area contributed by atoms with Crippen molar-refractivity contribution < 1.29 is 18.5 Å². The van der Waals surface area contributed by atoms with E-state index in [1.165, 1.54) is 23.5 Å². The van der Waals surface area contributed by atoms with Crippen LogP contribution in [0.15, 0.2) is 65.3 Å². The highest BCUT2D eigenvalue weighted by atomic mass is 35.5. The Labute approximate surface area is 294 Å². The van der Waals surface area contributed by atoms with Gasteiger partial charge in [-0.05, 0) is 97.7 Å². The summed E-state index contributed by atoms with van der Waals surface area (Å²) >= 11 is 6.45. The van der Waals surface area contributed by atoms with Crippen molar-refractivity contribution in [3.8, 4) is 5.75 Å². The maximum atomic E-state index is 14.6. The molecule has 1 aromatic heterocycles. The first-order valence-corrected chi connectivity index (χ1v) is 19.4. The summed E-state index contributed by atoms with van der Waals surface area (Å²) in [4.78, 5) is 28.2. The summed E-state index contributed by atoms with van der Waals surface area (Å²) in [6.07, 6.45) is 13.0. The van der Waals surface area contributed by atoms with E-state index >= 15 is 0 Å². The normalized spacial score (nSPS) is 30.4. The van der Waals surface area contributed by atoms with Gasteiger partial charge in [-0.3, -0.25) is 9.78 Å². The van der Waals surface area contributed by atoms with Crippen LogP contribution in [-0.4, -0.2) is 58.7 Å². The Kier molecular flexibility index (Phi) is 9.53. The highest BCUT2D eigenvalue weighted by Crippen LogP contribution is 2.47. The zero-order valence-electron chi connectivity index (χ0n) is 28.0. The standard InChI is InChI=1S/C38H42ClN5O4S/c1-25-6-4-8-34(47-3)31-12-9-28(31)20-44-23-38(15-5-7-26-16-29(39)11-13-32(26)38)24-48-35-14-10-27(17-33(35)44)37(45)43-49(46,21-25)22-30-18-41-19-36(40-2)42-30/h4,8,10-11,13-14,16-19,25,28,31,34H,5-7,9,12,15,20-24H2,1,3H3/b8-4+/t25-,28-,31+,34-,38-,49+/m0/s1. The maximum absolute atomic E-state index is 14.6. The van der Waals surface area contributed by atoms with Gasteiger partial charge in [0.15, 0.2) is 5.69 Å². The van der Waals surface area contributed by atoms with E-state index in [0.29, 0.717) is 36.1 Å². The number of carbonyl (C=O) groups is 1. The second-order valence-corrected chi connectivity index (χ2v) is 17.0. The van der Waals surface area contributed by atoms with Gasteiger partial charge in [0, 0.05) is 42.0 Å². The molecule has 3 aromatic rings. The first-order chi connectivity index (χ1) is 23.7. The lowest BCUT2D eigenvalue weighted by Crippen LogP contribution is -2.49. The lowest BCUT2D eigenvalue weighted by Gasteiger charge is -2.46. The third-order valence-electron chi connectivity index (χ3n) is 10.7. The molecular formula is C38H42ClN5O4S. The molecule has 4 aliphatic rings. The van der Waals surface area contributed by atoms with Gasteiger partial charge in [0.05, 0.1) is 46.3 Å². The number of aryl methyl sites for hydroxylation is 1. The minimum atomic E-state index is -3.12. The van der Waals surface area contributed by atoms with Gasteiger partial charge >= 0.3 is 0 Å². The van der Waals surface area contributed by atoms with Crippen LogP contribution in [0.5, 0.6) is 5.75 Å². The van der Waals surface area contributed by atoms with Gasteiger partial charge in [0.25, 0.3) is 11.7 Å². The summed E-state index contributed by atoms with van der Waals surface area (Å²) in [6, 6.07) is 11.7. The highest BCUT2D eigenvalue weighted by Gasteiger charge is 2.44. The predicted octanol–water partition coefficient (Wildman–Crippen LogP) is 7.60. The van der Waals surface area contributed by atoms with Crippen molar-refractivity contribution in [1.82, 2.24) is 9.97 Å². The largest absolute Gasteiger partial charge is 0.490 e. The monoisotopic (exact) mass is 699 g/mol. The number of halogens is 1. The number of nitrogens with zero attached hydrogens (tertiary/aromatic N) is 5. The number of fused-ring (bicyclic) bond motifs is 4. The fourth-order valence-corrected chi connectivity index (χ4v) is 10.7. The number of ether oxygens (including phenoxy) is 2. The van der Waals surface area contributed by atoms with Crippen LogP contribution in [0.4, 0.5) is 11.5 Å². The fourth-order valence-electron chi connectivity index (χ4n) is 8.22. The van der Waals surface area contributed by atoms with Crippen molar-refractivity contribution in [3.05, 3.63) is 99.8 Å². The summed E-state index contributed by atoms with van der Waals surface area (Å²) in [5, 5.41) is 0.749. The molecule has 0 saturated heterocycles. The average molecular weight is 700 g/mol. The van der Waals surface area contributed by atoms with E-state index in [-0.39, 0.29) is 34.8 Å². The molecular weight excluding hydrogens is 658 g/mol. The summed E-state index contributed by atoms with van der Waals surface area (Å²) < 4.78 is 31.8. The molecule has 1 fully saturated rings. The third-order valence-corrected chi connectivity index (χ3v) is 13.3. The molecule has 1 amide bonds. The van der Waals surface area contributed by atoms with Gasteiger partial charge in [0.1, 0.15) is 5.75 Å². The number of hydrogen-bond donors (Lipinski definition) is 0. The molecule has 3 heterocycles. The molecule has 11 heteroatoms. The van der Waals surface area contributed by atoms with Crippen LogP contribution in [0.3, 0.4) is 0 Å². The Morgan fingerprint density at radius 2 is 2.08 bits per heavy atom. The number of allylic oxidation sites excluding steroid dienone is 1. The van der Waals surface area contributed by atoms with Gasteiger partial charge < -0.3 is 19.2 Å². The van der Waals surface area contributed by atoms with Crippen LogP contribution < -0.4 is 9.64 Å². The van der Waals surface area contributed by atoms with Gasteiger partial charge in [0.2, 0.25) is 0 Å². The highest BCUT2D eigenvalue weighted by molar-refractivity contribution is 7.93. The van der Waals surface area contributed by atoms with Crippen LogP contribution in [0, 0.1) is 24.3 Å². The van der Waals surface area contributed by atoms with Crippen LogP contribution in [0.2, 0.25) is 5.02 Å². The number of methoxy groups -OCH3 is 1. The Bertz CT molecular complexity index is 1950. The van der Waals surface area contributed by atoms with Crippen molar-refractivity contribution >= 4 is 38.7 Å². The second-order valence-electron chi connectivity index (χ2n) is 14.2. The number of rotatable bonds is 3. The van der Waals surface area contributed by atoms with E-state index in [1.807, 2.05) is 25.1 Å². The van der Waals surface area contributed by atoms with Crippen LogP contribution in [0.25, 0.3) is 4.85 Å². The molecule has 256 valence electrons. The lowest BCUT2D eigenvalue weighted by atomic mass is 9.68. The molecule has 2 bridgehead atoms. The van der Waals surface area contributed by atoms with Crippen molar-refractivity contribution in [2.24, 2.45) is 22.1 Å². The number of carbonyl (C=O) groups excluding carboxylic acids is 1. The smallest absolute Gasteiger partial charge is 0.288 e. The van der Waals surface area contributed by atoms with E-state index in [2.05, 4.69) is 48.4 Å². The van der Waals surface area contributed by atoms with Crippen molar-refractivity contribution in [1.29, 1.82) is 0 Å². The average Bonchev–Trinajstić information content (AvgIpc) is 3.22. The number of benzene rings is 2. The second kappa shape index (κ2) is 13.9. The Morgan fingerprint density at radius 1 is 1.20 bits per heavy atom. The van der Waals surface area contributed by atoms with Crippen molar-refractivity contribution in [2.75, 3.05) is 37.5 Å². The summed E-state index contributed by atoms with van der Waals surface area (Å²) in [5.41, 5.74) is 3.93. The number of aromatic nitrogens is 2. The summed E-state index contributed by atoms with van der Waals surface area (Å²) in [7, 11) is -1.34. The Balaban J connectivity index is 1.32. The Morgan fingerprint density at radius 3 is 2.88 bits per heavy atom. The van der Waals surface area contributed by atoms with Crippen molar-refractivity contribution in [3.63, 3.8) is 0 Å². The zero-order chi connectivity index (χ0) is 34.2. The van der Waals surface area contributed by atoms with E-state index in [9.17, 15) is 9.00 Å². The predicted molar refractivity (Wildman–Crippen MR) is 192 cm³/mol. The Hall–Kier alpha value is -3.78. The molecule has 1 spiro atoms. The zero-order valence-corrected chi connectivity index (χ0v) is 29.6.